The Balaban J connectivity index is 2.35. The van der Waals surface area contributed by atoms with Crippen molar-refractivity contribution in [1.29, 1.82) is 0 Å². The molecule has 0 saturated heterocycles. The maximum Gasteiger partial charge on any atom is 0.339 e. The highest BCUT2D eigenvalue weighted by atomic mass is 19.1. The topological polar surface area (TPSA) is 46.5 Å². The fourth-order valence-corrected chi connectivity index (χ4v) is 1.39. The minimum atomic E-state index is -1.23. The van der Waals surface area contributed by atoms with Gasteiger partial charge < -0.3 is 9.84 Å². The highest BCUT2D eigenvalue weighted by molar-refractivity contribution is 5.90. The van der Waals surface area contributed by atoms with Gasteiger partial charge in [0.2, 0.25) is 0 Å². The van der Waals surface area contributed by atoms with Gasteiger partial charge in [0.05, 0.1) is 0 Å². The second kappa shape index (κ2) is 4.83. The van der Waals surface area contributed by atoms with Gasteiger partial charge >= 0.3 is 5.97 Å². The van der Waals surface area contributed by atoms with E-state index in [9.17, 15) is 13.6 Å². The highest BCUT2D eigenvalue weighted by Gasteiger charge is 2.13. The molecule has 0 aliphatic carbocycles. The third-order valence-electron chi connectivity index (χ3n) is 2.22. The van der Waals surface area contributed by atoms with E-state index in [4.69, 9.17) is 9.84 Å². The van der Waals surface area contributed by atoms with E-state index in [1.807, 2.05) is 0 Å². The quantitative estimate of drug-likeness (QED) is 0.907. The molecule has 2 rings (SSSR count). The van der Waals surface area contributed by atoms with Crippen LogP contribution in [0.15, 0.2) is 42.5 Å². The Kier molecular flexibility index (Phi) is 3.23. The lowest BCUT2D eigenvalue weighted by Crippen LogP contribution is -2.00. The van der Waals surface area contributed by atoms with Gasteiger partial charge in [-0.1, -0.05) is 0 Å². The minimum absolute atomic E-state index is 0.130. The van der Waals surface area contributed by atoms with Crippen molar-refractivity contribution in [2.24, 2.45) is 0 Å². The van der Waals surface area contributed by atoms with Gasteiger partial charge in [0.1, 0.15) is 28.7 Å². The summed E-state index contributed by atoms with van der Waals surface area (Å²) in [5.41, 5.74) is -0.166. The Morgan fingerprint density at radius 3 is 2.22 bits per heavy atom. The van der Waals surface area contributed by atoms with Crippen molar-refractivity contribution in [3.05, 3.63) is 59.7 Å². The van der Waals surface area contributed by atoms with Crippen molar-refractivity contribution in [3.63, 3.8) is 0 Å². The molecule has 0 aromatic heterocycles. The summed E-state index contributed by atoms with van der Waals surface area (Å²) >= 11 is 0. The van der Waals surface area contributed by atoms with E-state index in [0.717, 1.165) is 30.3 Å². The lowest BCUT2D eigenvalue weighted by molar-refractivity contribution is 0.0694. The zero-order chi connectivity index (χ0) is 13.1. The number of aromatic carboxylic acids is 1. The average molecular weight is 250 g/mol. The maximum atomic E-state index is 13.0. The number of carbonyl (C=O) groups is 1. The van der Waals surface area contributed by atoms with Crippen LogP contribution in [-0.2, 0) is 0 Å². The van der Waals surface area contributed by atoms with E-state index in [0.29, 0.717) is 0 Å². The van der Waals surface area contributed by atoms with Gasteiger partial charge in [0.25, 0.3) is 0 Å². The van der Waals surface area contributed by atoms with E-state index in [-0.39, 0.29) is 17.1 Å². The van der Waals surface area contributed by atoms with Crippen LogP contribution in [0.2, 0.25) is 0 Å². The van der Waals surface area contributed by atoms with Gasteiger partial charge in [-0.3, -0.25) is 0 Å². The minimum Gasteiger partial charge on any atom is -0.478 e. The first-order chi connectivity index (χ1) is 8.56. The molecule has 0 bridgehead atoms. The van der Waals surface area contributed by atoms with Crippen LogP contribution in [0.1, 0.15) is 10.4 Å². The highest BCUT2D eigenvalue weighted by Crippen LogP contribution is 2.26. The molecule has 0 heterocycles. The zero-order valence-corrected chi connectivity index (χ0v) is 9.06. The second-order valence-electron chi connectivity index (χ2n) is 3.50. The average Bonchev–Trinajstić information content (AvgIpc) is 2.32. The van der Waals surface area contributed by atoms with Crippen molar-refractivity contribution in [2.45, 2.75) is 0 Å². The molecule has 0 aliphatic rings. The summed E-state index contributed by atoms with van der Waals surface area (Å²) in [6, 6.07) is 8.08. The molecule has 2 aromatic rings. The van der Waals surface area contributed by atoms with Crippen LogP contribution < -0.4 is 4.74 Å². The number of carboxylic acid groups (broad SMARTS) is 1. The van der Waals surface area contributed by atoms with Crippen LogP contribution in [0.4, 0.5) is 8.78 Å². The van der Waals surface area contributed by atoms with Gasteiger partial charge in [-0.15, -0.1) is 0 Å². The number of hydrogen-bond donors (Lipinski definition) is 1. The molecule has 3 nitrogen and oxygen atoms in total. The number of rotatable bonds is 3. The van der Waals surface area contributed by atoms with Crippen molar-refractivity contribution in [1.82, 2.24) is 0 Å². The Hall–Kier alpha value is -2.43. The Bertz CT molecular complexity index is 579. The summed E-state index contributed by atoms with van der Waals surface area (Å²) < 4.78 is 31.0. The molecular weight excluding hydrogens is 242 g/mol. The summed E-state index contributed by atoms with van der Waals surface area (Å²) in [6.45, 7) is 0. The molecule has 0 spiro atoms. The Labute approximate surface area is 101 Å². The zero-order valence-electron chi connectivity index (χ0n) is 9.06. The lowest BCUT2D eigenvalue weighted by atomic mass is 10.2. The molecule has 18 heavy (non-hydrogen) atoms. The summed E-state index contributed by atoms with van der Waals surface area (Å²) in [4.78, 5) is 10.9. The molecule has 0 fully saturated rings. The van der Waals surface area contributed by atoms with E-state index in [1.165, 1.54) is 12.1 Å². The van der Waals surface area contributed by atoms with Gasteiger partial charge in [0.15, 0.2) is 0 Å². The molecule has 0 radical (unpaired) electrons. The first-order valence-corrected chi connectivity index (χ1v) is 5.02. The molecule has 0 amide bonds. The normalized spacial score (nSPS) is 10.1. The molecule has 0 unspecified atom stereocenters. The molecule has 92 valence electrons. The van der Waals surface area contributed by atoms with Crippen molar-refractivity contribution < 1.29 is 23.4 Å². The molecular formula is C13H8F2O3. The lowest BCUT2D eigenvalue weighted by Gasteiger charge is -2.08. The maximum absolute atomic E-state index is 13.0. The molecule has 1 N–H and O–H groups in total. The fraction of sp³-hybridized carbons (Fsp3) is 0. The van der Waals surface area contributed by atoms with Gasteiger partial charge in [0, 0.05) is 6.07 Å². The van der Waals surface area contributed by atoms with Crippen molar-refractivity contribution >= 4 is 5.97 Å². The number of benzene rings is 2. The number of hydrogen-bond acceptors (Lipinski definition) is 2. The van der Waals surface area contributed by atoms with Gasteiger partial charge in [-0.05, 0) is 36.4 Å². The number of ether oxygens (including phenoxy) is 1. The first kappa shape index (κ1) is 12.0. The standard InChI is InChI=1S/C13H8F2O3/c14-8-1-4-10(5-2-8)18-12-7-9(15)3-6-11(12)13(16)17/h1-7H,(H,16,17). The predicted octanol–water partition coefficient (Wildman–Crippen LogP) is 3.46. The van der Waals surface area contributed by atoms with Crippen LogP contribution in [0.3, 0.4) is 0 Å². The van der Waals surface area contributed by atoms with Gasteiger partial charge in [-0.2, -0.15) is 0 Å². The predicted molar refractivity (Wildman–Crippen MR) is 59.8 cm³/mol. The third-order valence-corrected chi connectivity index (χ3v) is 2.22. The van der Waals surface area contributed by atoms with E-state index in [2.05, 4.69) is 0 Å². The molecule has 0 saturated carbocycles. The largest absolute Gasteiger partial charge is 0.478 e. The molecule has 0 atom stereocenters. The van der Waals surface area contributed by atoms with Crippen LogP contribution in [0, 0.1) is 11.6 Å². The monoisotopic (exact) mass is 250 g/mol. The summed E-state index contributed by atoms with van der Waals surface area (Å²) in [5, 5.41) is 8.92. The second-order valence-corrected chi connectivity index (χ2v) is 3.50. The SMILES string of the molecule is O=C(O)c1ccc(F)cc1Oc1ccc(F)cc1. The summed E-state index contributed by atoms with van der Waals surface area (Å²) in [7, 11) is 0. The first-order valence-electron chi connectivity index (χ1n) is 5.02. The van der Waals surface area contributed by atoms with Crippen LogP contribution in [-0.4, -0.2) is 11.1 Å². The van der Waals surface area contributed by atoms with Crippen LogP contribution in [0.25, 0.3) is 0 Å². The molecule has 5 heteroatoms. The number of carboxylic acids is 1. The van der Waals surface area contributed by atoms with Crippen LogP contribution >= 0.6 is 0 Å². The number of halogens is 2. The summed E-state index contributed by atoms with van der Waals surface area (Å²) in [6.07, 6.45) is 0. The van der Waals surface area contributed by atoms with E-state index >= 15 is 0 Å². The Morgan fingerprint density at radius 2 is 1.61 bits per heavy atom. The van der Waals surface area contributed by atoms with Crippen LogP contribution in [0.5, 0.6) is 11.5 Å². The molecule has 0 aliphatic heterocycles. The third kappa shape index (κ3) is 2.63. The van der Waals surface area contributed by atoms with Gasteiger partial charge in [-0.25, -0.2) is 13.6 Å². The van der Waals surface area contributed by atoms with Crippen molar-refractivity contribution in [2.75, 3.05) is 0 Å². The fourth-order valence-electron chi connectivity index (χ4n) is 1.39. The summed E-state index contributed by atoms with van der Waals surface area (Å²) in [5.74, 6) is -2.19. The van der Waals surface area contributed by atoms with E-state index in [1.54, 1.807) is 0 Å². The smallest absolute Gasteiger partial charge is 0.339 e. The Morgan fingerprint density at radius 1 is 1.00 bits per heavy atom. The van der Waals surface area contributed by atoms with Crippen molar-refractivity contribution in [3.8, 4) is 11.5 Å². The van der Waals surface area contributed by atoms with E-state index < -0.39 is 17.6 Å². The molecule has 2 aromatic carbocycles.